The normalized spacial score (nSPS) is 14.9. The molecule has 9 nitrogen and oxygen atoms in total. The minimum Gasteiger partial charge on any atom is -0.508 e. The zero-order chi connectivity index (χ0) is 26.7. The molecule has 1 amide bonds. The molecule has 0 atom stereocenters. The van der Waals surface area contributed by atoms with Gasteiger partial charge in [0.2, 0.25) is 5.82 Å². The molecule has 0 spiro atoms. The summed E-state index contributed by atoms with van der Waals surface area (Å²) >= 11 is 0. The van der Waals surface area contributed by atoms with Crippen LogP contribution >= 0.6 is 0 Å². The molecule has 0 aliphatic carbocycles. The number of rotatable bonds is 8. The van der Waals surface area contributed by atoms with E-state index in [1.54, 1.807) is 25.1 Å². The topological polar surface area (TPSA) is 107 Å². The van der Waals surface area contributed by atoms with Crippen LogP contribution in [0, 0.1) is 5.82 Å². The molecular formula is C27H35FN6O3. The summed E-state index contributed by atoms with van der Waals surface area (Å²) in [6, 6.07) is 7.69. The third kappa shape index (κ3) is 5.60. The number of phenols is 2. The average Bonchev–Trinajstić information content (AvgIpc) is 3.30. The standard InChI is InChI=1S/C27H35FN6O3/c1-5-29-27(37)26-31-30-25(21-14-20(17(3)4)23(35)15-24(21)36)34(26)19-8-7-18(22(28)13-19)16-33-11-9-32(6-2)10-12-33/h7-8,13-15,17,35-36H,5-6,9-12,16H2,1-4H3,(H,29,37). The van der Waals surface area contributed by atoms with Crippen molar-refractivity contribution in [1.29, 1.82) is 0 Å². The number of aromatic hydroxyl groups is 2. The highest BCUT2D eigenvalue weighted by atomic mass is 19.1. The number of aromatic nitrogens is 3. The molecule has 0 radical (unpaired) electrons. The lowest BCUT2D eigenvalue weighted by atomic mass is 9.98. The summed E-state index contributed by atoms with van der Waals surface area (Å²) in [6.45, 7) is 13.3. The van der Waals surface area contributed by atoms with Gasteiger partial charge in [0.25, 0.3) is 5.91 Å². The Labute approximate surface area is 216 Å². The molecule has 3 aromatic rings. The van der Waals surface area contributed by atoms with Crippen LogP contribution in [0.25, 0.3) is 17.1 Å². The fraction of sp³-hybridized carbons (Fsp3) is 0.444. The van der Waals surface area contributed by atoms with Crippen LogP contribution in [0.3, 0.4) is 0 Å². The molecule has 1 aromatic heterocycles. The van der Waals surface area contributed by atoms with Crippen molar-refractivity contribution in [3.63, 3.8) is 0 Å². The Morgan fingerprint density at radius 3 is 2.35 bits per heavy atom. The van der Waals surface area contributed by atoms with E-state index in [0.29, 0.717) is 29.9 Å². The lowest BCUT2D eigenvalue weighted by molar-refractivity contribution is 0.0943. The van der Waals surface area contributed by atoms with Gasteiger partial charge in [0.15, 0.2) is 5.82 Å². The molecule has 37 heavy (non-hydrogen) atoms. The van der Waals surface area contributed by atoms with Crippen LogP contribution in [-0.4, -0.2) is 80.0 Å². The van der Waals surface area contributed by atoms with Crippen molar-refractivity contribution in [2.75, 3.05) is 39.3 Å². The van der Waals surface area contributed by atoms with E-state index in [0.717, 1.165) is 32.7 Å². The smallest absolute Gasteiger partial charge is 0.289 e. The summed E-state index contributed by atoms with van der Waals surface area (Å²) in [5.41, 5.74) is 1.81. The minimum absolute atomic E-state index is 0.0294. The van der Waals surface area contributed by atoms with Crippen LogP contribution in [0.1, 0.15) is 55.4 Å². The van der Waals surface area contributed by atoms with Gasteiger partial charge in [-0.25, -0.2) is 4.39 Å². The maximum atomic E-state index is 15.4. The number of phenolic OH excluding ortho intramolecular Hbond substituents is 2. The summed E-state index contributed by atoms with van der Waals surface area (Å²) in [6.07, 6.45) is 0. The Kier molecular flexibility index (Phi) is 8.09. The molecule has 2 heterocycles. The van der Waals surface area contributed by atoms with Gasteiger partial charge in [-0.2, -0.15) is 0 Å². The van der Waals surface area contributed by atoms with Gasteiger partial charge in [0.1, 0.15) is 17.3 Å². The zero-order valence-corrected chi connectivity index (χ0v) is 21.8. The van der Waals surface area contributed by atoms with Gasteiger partial charge in [0, 0.05) is 50.9 Å². The third-order valence-electron chi connectivity index (χ3n) is 6.81. The summed E-state index contributed by atoms with van der Waals surface area (Å²) in [5.74, 6) is -1.02. The monoisotopic (exact) mass is 510 g/mol. The van der Waals surface area contributed by atoms with Gasteiger partial charge in [-0.15, -0.1) is 10.2 Å². The maximum Gasteiger partial charge on any atom is 0.289 e. The van der Waals surface area contributed by atoms with E-state index < -0.39 is 11.7 Å². The predicted molar refractivity (Wildman–Crippen MR) is 140 cm³/mol. The second-order valence-electron chi connectivity index (χ2n) is 9.61. The van der Waals surface area contributed by atoms with Gasteiger partial charge in [0.05, 0.1) is 11.3 Å². The van der Waals surface area contributed by atoms with Gasteiger partial charge in [-0.3, -0.25) is 14.3 Å². The number of nitrogens with one attached hydrogen (secondary N) is 1. The van der Waals surface area contributed by atoms with E-state index in [-0.39, 0.29) is 34.6 Å². The summed E-state index contributed by atoms with van der Waals surface area (Å²) in [4.78, 5) is 17.4. The van der Waals surface area contributed by atoms with E-state index in [1.807, 2.05) is 13.8 Å². The fourth-order valence-electron chi connectivity index (χ4n) is 4.63. The second kappa shape index (κ2) is 11.3. The number of amides is 1. The number of carbonyl (C=O) groups excluding carboxylic acids is 1. The molecule has 1 fully saturated rings. The highest BCUT2D eigenvalue weighted by Crippen LogP contribution is 2.38. The number of benzene rings is 2. The lowest BCUT2D eigenvalue weighted by Crippen LogP contribution is -2.45. The Bertz CT molecular complexity index is 1270. The van der Waals surface area contributed by atoms with E-state index in [9.17, 15) is 15.0 Å². The molecular weight excluding hydrogens is 475 g/mol. The van der Waals surface area contributed by atoms with Crippen LogP contribution < -0.4 is 5.32 Å². The van der Waals surface area contributed by atoms with Crippen LogP contribution in [0.4, 0.5) is 4.39 Å². The second-order valence-corrected chi connectivity index (χ2v) is 9.61. The Morgan fingerprint density at radius 2 is 1.73 bits per heavy atom. The van der Waals surface area contributed by atoms with Crippen molar-refractivity contribution >= 4 is 5.91 Å². The fourth-order valence-corrected chi connectivity index (χ4v) is 4.63. The Morgan fingerprint density at radius 1 is 1.03 bits per heavy atom. The quantitative estimate of drug-likeness (QED) is 0.426. The van der Waals surface area contributed by atoms with Gasteiger partial charge in [-0.1, -0.05) is 26.8 Å². The van der Waals surface area contributed by atoms with E-state index in [1.165, 1.54) is 16.7 Å². The first-order valence-electron chi connectivity index (χ1n) is 12.8. The molecule has 2 aromatic carbocycles. The third-order valence-corrected chi connectivity index (χ3v) is 6.81. The number of carbonyl (C=O) groups is 1. The average molecular weight is 511 g/mol. The summed E-state index contributed by atoms with van der Waals surface area (Å²) < 4.78 is 16.8. The number of hydrogen-bond acceptors (Lipinski definition) is 7. The molecule has 198 valence electrons. The largest absolute Gasteiger partial charge is 0.508 e. The lowest BCUT2D eigenvalue weighted by Gasteiger charge is -2.34. The highest BCUT2D eigenvalue weighted by molar-refractivity contribution is 5.92. The maximum absolute atomic E-state index is 15.4. The van der Waals surface area contributed by atoms with Crippen LogP contribution in [0.15, 0.2) is 30.3 Å². The number of piperazine rings is 1. The molecule has 1 aliphatic rings. The first-order valence-corrected chi connectivity index (χ1v) is 12.8. The zero-order valence-electron chi connectivity index (χ0n) is 21.8. The minimum atomic E-state index is -0.470. The van der Waals surface area contributed by atoms with E-state index >= 15 is 4.39 Å². The van der Waals surface area contributed by atoms with Crippen molar-refractivity contribution in [3.8, 4) is 28.6 Å². The van der Waals surface area contributed by atoms with E-state index in [2.05, 4.69) is 32.2 Å². The molecule has 4 rings (SSSR count). The van der Waals surface area contributed by atoms with Crippen molar-refractivity contribution in [2.45, 2.75) is 40.2 Å². The van der Waals surface area contributed by atoms with Crippen LogP contribution in [-0.2, 0) is 6.54 Å². The molecule has 0 saturated carbocycles. The Balaban J connectivity index is 1.74. The van der Waals surface area contributed by atoms with Crippen molar-refractivity contribution in [2.24, 2.45) is 0 Å². The SMILES string of the molecule is CCNC(=O)c1nnc(-c2cc(C(C)C)c(O)cc2O)n1-c1ccc(CN2CCN(CC)CC2)c(F)c1. The molecule has 0 unspecified atom stereocenters. The first-order chi connectivity index (χ1) is 17.7. The van der Waals surface area contributed by atoms with Crippen LogP contribution in [0.2, 0.25) is 0 Å². The number of halogens is 1. The predicted octanol–water partition coefficient (Wildman–Crippen LogP) is 3.50. The number of likely N-dealkylation sites (N-methyl/N-ethyl adjacent to an activating group) is 1. The number of nitrogens with zero attached hydrogens (tertiary/aromatic N) is 5. The first kappa shape index (κ1) is 26.6. The molecule has 0 bridgehead atoms. The Hall–Kier alpha value is -3.50. The highest BCUT2D eigenvalue weighted by Gasteiger charge is 2.25. The molecule has 1 saturated heterocycles. The molecule has 1 aliphatic heterocycles. The number of hydrogen-bond donors (Lipinski definition) is 3. The van der Waals surface area contributed by atoms with Gasteiger partial charge in [-0.05, 0) is 43.1 Å². The van der Waals surface area contributed by atoms with Crippen molar-refractivity contribution in [1.82, 2.24) is 29.9 Å². The van der Waals surface area contributed by atoms with Crippen LogP contribution in [0.5, 0.6) is 11.5 Å². The molecule has 3 N–H and O–H groups in total. The van der Waals surface area contributed by atoms with Gasteiger partial charge >= 0.3 is 0 Å². The van der Waals surface area contributed by atoms with E-state index in [4.69, 9.17) is 0 Å². The summed E-state index contributed by atoms with van der Waals surface area (Å²) in [5, 5.41) is 31.9. The molecule has 10 heteroatoms. The van der Waals surface area contributed by atoms with Gasteiger partial charge < -0.3 is 20.4 Å². The summed E-state index contributed by atoms with van der Waals surface area (Å²) in [7, 11) is 0. The van der Waals surface area contributed by atoms with Crippen molar-refractivity contribution < 1.29 is 19.4 Å². The van der Waals surface area contributed by atoms with Crippen molar-refractivity contribution in [3.05, 3.63) is 53.1 Å².